The minimum absolute atomic E-state index is 0.442. The Bertz CT molecular complexity index is 418. The Morgan fingerprint density at radius 2 is 1.57 bits per heavy atom. The molecule has 0 radical (unpaired) electrons. The maximum Gasteiger partial charge on any atom is 0.0292 e. The quantitative estimate of drug-likeness (QED) is 0.742. The van der Waals surface area contributed by atoms with Gasteiger partial charge in [-0.2, -0.15) is 11.8 Å². The minimum Gasteiger partial charge on any atom is -0.309 e. The first kappa shape index (κ1) is 16.9. The molecule has 1 atom stereocenters. The smallest absolute Gasteiger partial charge is 0.0292 e. The average Bonchev–Trinajstić information content (AvgIpc) is 2.53. The molecule has 1 N–H and O–H groups in total. The molecule has 1 unspecified atom stereocenters. The lowest BCUT2D eigenvalue weighted by Crippen LogP contribution is -2.40. The van der Waals surface area contributed by atoms with Gasteiger partial charge in [-0.1, -0.05) is 57.4 Å². The van der Waals surface area contributed by atoms with Crippen LogP contribution in [0.5, 0.6) is 0 Å². The molecule has 0 heterocycles. The molecule has 1 aliphatic rings. The molecule has 1 aromatic rings. The van der Waals surface area contributed by atoms with E-state index in [0.717, 1.165) is 6.54 Å². The van der Waals surface area contributed by atoms with Gasteiger partial charge in [-0.25, -0.2) is 0 Å². The highest BCUT2D eigenvalue weighted by molar-refractivity contribution is 8.00. The summed E-state index contributed by atoms with van der Waals surface area (Å²) in [4.78, 5) is 0. The van der Waals surface area contributed by atoms with Gasteiger partial charge in [0.25, 0.3) is 0 Å². The molecule has 2 heteroatoms. The third-order valence-corrected chi connectivity index (χ3v) is 6.45. The van der Waals surface area contributed by atoms with Crippen molar-refractivity contribution < 1.29 is 0 Å². The summed E-state index contributed by atoms with van der Waals surface area (Å²) in [7, 11) is 0. The summed E-state index contributed by atoms with van der Waals surface area (Å²) >= 11 is 2.07. The highest BCUT2D eigenvalue weighted by Crippen LogP contribution is 2.38. The molecular weight excluding hydrogens is 274 g/mol. The molecule has 1 nitrogen and oxygen atoms in total. The topological polar surface area (TPSA) is 12.0 Å². The van der Waals surface area contributed by atoms with E-state index in [1.165, 1.54) is 43.2 Å². The lowest BCUT2D eigenvalue weighted by atomic mass is 9.88. The summed E-state index contributed by atoms with van der Waals surface area (Å²) in [5, 5.41) is 3.79. The van der Waals surface area contributed by atoms with Gasteiger partial charge in [-0.3, -0.25) is 0 Å². The fourth-order valence-corrected chi connectivity index (χ4v) is 4.20. The van der Waals surface area contributed by atoms with Gasteiger partial charge in [0, 0.05) is 17.3 Å². The Morgan fingerprint density at radius 3 is 2.10 bits per heavy atom. The van der Waals surface area contributed by atoms with Crippen LogP contribution in [0, 0.1) is 0 Å². The first-order chi connectivity index (χ1) is 10.1. The highest BCUT2D eigenvalue weighted by Gasteiger charge is 2.31. The second-order valence-electron chi connectivity index (χ2n) is 6.87. The highest BCUT2D eigenvalue weighted by atomic mass is 32.2. The van der Waals surface area contributed by atoms with Crippen molar-refractivity contribution in [3.05, 3.63) is 35.4 Å². The van der Waals surface area contributed by atoms with Crippen LogP contribution < -0.4 is 5.32 Å². The number of hydrogen-bond acceptors (Lipinski definition) is 2. The van der Waals surface area contributed by atoms with E-state index in [1.54, 1.807) is 0 Å². The summed E-state index contributed by atoms with van der Waals surface area (Å²) < 4.78 is 0.477. The van der Waals surface area contributed by atoms with Crippen molar-refractivity contribution in [2.24, 2.45) is 0 Å². The van der Waals surface area contributed by atoms with Crippen molar-refractivity contribution in [3.8, 4) is 0 Å². The third kappa shape index (κ3) is 4.50. The Labute approximate surface area is 135 Å². The van der Waals surface area contributed by atoms with E-state index in [1.807, 2.05) is 0 Å². The number of rotatable bonds is 6. The maximum absolute atomic E-state index is 3.79. The second kappa shape index (κ2) is 7.69. The van der Waals surface area contributed by atoms with E-state index in [-0.39, 0.29) is 0 Å². The van der Waals surface area contributed by atoms with E-state index in [2.05, 4.69) is 68.4 Å². The first-order valence-electron chi connectivity index (χ1n) is 8.45. The molecule has 0 amide bonds. The molecule has 118 valence electrons. The van der Waals surface area contributed by atoms with Crippen LogP contribution in [-0.2, 0) is 0 Å². The Balaban J connectivity index is 1.92. The second-order valence-corrected chi connectivity index (χ2v) is 8.15. The Morgan fingerprint density at radius 1 is 1.00 bits per heavy atom. The lowest BCUT2D eigenvalue weighted by Gasteiger charge is -2.37. The number of hydrogen-bond donors (Lipinski definition) is 1. The van der Waals surface area contributed by atoms with Crippen LogP contribution in [0.2, 0.25) is 0 Å². The lowest BCUT2D eigenvalue weighted by molar-refractivity contribution is 0.367. The van der Waals surface area contributed by atoms with E-state index in [0.29, 0.717) is 16.7 Å². The van der Waals surface area contributed by atoms with Crippen LogP contribution in [0.1, 0.15) is 76.0 Å². The number of benzene rings is 1. The standard InChI is InChI=1S/C19H31NS/c1-15(2)17-8-10-18(11-9-17)16(3)20-14-19(21-4)12-6-5-7-13-19/h8-11,15-16,20H,5-7,12-14H2,1-4H3. The van der Waals surface area contributed by atoms with Crippen LogP contribution in [0.4, 0.5) is 0 Å². The van der Waals surface area contributed by atoms with E-state index in [4.69, 9.17) is 0 Å². The predicted molar refractivity (Wildman–Crippen MR) is 96.3 cm³/mol. The maximum atomic E-state index is 3.79. The molecule has 0 aliphatic heterocycles. The SMILES string of the molecule is CSC1(CNC(C)c2ccc(C(C)C)cc2)CCCCC1. The Kier molecular flexibility index (Phi) is 6.19. The van der Waals surface area contributed by atoms with E-state index >= 15 is 0 Å². The van der Waals surface area contributed by atoms with Crippen molar-refractivity contribution >= 4 is 11.8 Å². The molecule has 1 fully saturated rings. The van der Waals surface area contributed by atoms with Gasteiger partial charge < -0.3 is 5.32 Å². The van der Waals surface area contributed by atoms with Gasteiger partial charge in [-0.15, -0.1) is 0 Å². The van der Waals surface area contributed by atoms with E-state index < -0.39 is 0 Å². The fraction of sp³-hybridized carbons (Fsp3) is 0.684. The molecule has 21 heavy (non-hydrogen) atoms. The van der Waals surface area contributed by atoms with Crippen molar-refractivity contribution in [3.63, 3.8) is 0 Å². The number of nitrogens with one attached hydrogen (secondary N) is 1. The molecule has 0 spiro atoms. The summed E-state index contributed by atoms with van der Waals surface area (Å²) in [6.45, 7) is 7.94. The van der Waals surface area contributed by atoms with Crippen LogP contribution in [0.3, 0.4) is 0 Å². The van der Waals surface area contributed by atoms with Gasteiger partial charge in [-0.05, 0) is 43.1 Å². The van der Waals surface area contributed by atoms with Gasteiger partial charge >= 0.3 is 0 Å². The van der Waals surface area contributed by atoms with Gasteiger partial charge in [0.2, 0.25) is 0 Å². The average molecular weight is 306 g/mol. The zero-order valence-electron chi connectivity index (χ0n) is 14.1. The van der Waals surface area contributed by atoms with Crippen molar-refractivity contribution in [2.45, 2.75) is 69.6 Å². The molecule has 2 rings (SSSR count). The summed E-state index contributed by atoms with van der Waals surface area (Å²) in [5.74, 6) is 0.615. The largest absolute Gasteiger partial charge is 0.309 e. The van der Waals surface area contributed by atoms with E-state index in [9.17, 15) is 0 Å². The normalized spacial score (nSPS) is 19.7. The van der Waals surface area contributed by atoms with Gasteiger partial charge in [0.15, 0.2) is 0 Å². The molecule has 1 saturated carbocycles. The van der Waals surface area contributed by atoms with Gasteiger partial charge in [0.05, 0.1) is 0 Å². The minimum atomic E-state index is 0.442. The molecular formula is C19H31NS. The molecule has 1 aromatic carbocycles. The van der Waals surface area contributed by atoms with Crippen molar-refractivity contribution in [1.82, 2.24) is 5.32 Å². The van der Waals surface area contributed by atoms with Crippen LogP contribution >= 0.6 is 11.8 Å². The first-order valence-corrected chi connectivity index (χ1v) is 9.67. The molecule has 0 saturated heterocycles. The molecule has 0 aromatic heterocycles. The zero-order chi connectivity index (χ0) is 15.3. The predicted octanol–water partition coefficient (Wildman–Crippen LogP) is 5.53. The Hall–Kier alpha value is -0.470. The molecule has 0 bridgehead atoms. The fourth-order valence-electron chi connectivity index (χ4n) is 3.28. The molecule has 1 aliphatic carbocycles. The summed E-state index contributed by atoms with van der Waals surface area (Å²) in [6, 6.07) is 9.59. The van der Waals surface area contributed by atoms with Crippen LogP contribution in [0.15, 0.2) is 24.3 Å². The zero-order valence-corrected chi connectivity index (χ0v) is 14.9. The summed E-state index contributed by atoms with van der Waals surface area (Å²) in [5.41, 5.74) is 2.84. The van der Waals surface area contributed by atoms with Crippen LogP contribution in [-0.4, -0.2) is 17.5 Å². The van der Waals surface area contributed by atoms with Crippen molar-refractivity contribution in [2.75, 3.05) is 12.8 Å². The van der Waals surface area contributed by atoms with Crippen LogP contribution in [0.25, 0.3) is 0 Å². The summed E-state index contributed by atoms with van der Waals surface area (Å²) in [6.07, 6.45) is 9.27. The monoisotopic (exact) mass is 305 g/mol. The third-order valence-electron chi connectivity index (χ3n) is 5.03. The van der Waals surface area contributed by atoms with Crippen molar-refractivity contribution in [1.29, 1.82) is 0 Å². The number of thioether (sulfide) groups is 1. The van der Waals surface area contributed by atoms with Gasteiger partial charge in [0.1, 0.15) is 0 Å².